The summed E-state index contributed by atoms with van der Waals surface area (Å²) in [6.07, 6.45) is 0. The Hall–Kier alpha value is 1.16. The predicted molar refractivity (Wildman–Crippen MR) is 4.12 cm³/mol. The van der Waals surface area contributed by atoms with Crippen LogP contribution in [0.25, 0.3) is 0 Å². The van der Waals surface area contributed by atoms with Gasteiger partial charge in [0.1, 0.15) is 0 Å². The maximum atomic E-state index is 8.58. The van der Waals surface area contributed by atoms with Crippen molar-refractivity contribution < 1.29 is 122 Å². The molecule has 0 rings (SSSR count). The van der Waals surface area contributed by atoms with Gasteiger partial charge in [0.2, 0.25) is 0 Å². The van der Waals surface area contributed by atoms with Crippen LogP contribution in [0.1, 0.15) is 0 Å². The van der Waals surface area contributed by atoms with Crippen molar-refractivity contribution in [2.24, 2.45) is 0 Å². The molecule has 0 amide bonds. The van der Waals surface area contributed by atoms with Gasteiger partial charge in [-0.05, 0) is 0 Å². The number of rotatable bonds is 0. The fourth-order valence-corrected chi connectivity index (χ4v) is 0. The Labute approximate surface area is 121 Å². The first-order valence-electron chi connectivity index (χ1n) is 1.85. The zero-order valence-corrected chi connectivity index (χ0v) is 12.7. The van der Waals surface area contributed by atoms with Crippen molar-refractivity contribution in [3.8, 4) is 0 Å². The minimum absolute atomic E-state index is 0. The monoisotopic (exact) mass is 467 g/mol. The molecule has 0 aromatic rings. The molecule has 0 saturated carbocycles. The van der Waals surface area contributed by atoms with Crippen LogP contribution in [0.15, 0.2) is 0 Å². The fraction of sp³-hybridized carbons (Fsp3) is 0. The van der Waals surface area contributed by atoms with Gasteiger partial charge in [-0.1, -0.05) is 0 Å². The van der Waals surface area contributed by atoms with Gasteiger partial charge in [0.05, 0.1) is 0 Å². The fourth-order valence-electron chi connectivity index (χ4n) is 0. The van der Waals surface area contributed by atoms with Crippen LogP contribution in [0.3, 0.4) is 0 Å². The molecule has 12 nitrogen and oxygen atoms in total. The number of hydrogen-bond donors (Lipinski definition) is 0. The Morgan fingerprint density at radius 1 is 0.412 bits per heavy atom. The molecule has 0 radical (unpaired) electrons. The van der Waals surface area contributed by atoms with Crippen molar-refractivity contribution in [1.82, 2.24) is 0 Å². The van der Waals surface area contributed by atoms with Gasteiger partial charge in [-0.25, -0.2) is 0 Å². The zero-order valence-electron chi connectivity index (χ0n) is 6.79. The Morgan fingerprint density at radius 2 is 0.412 bits per heavy atom. The maximum absolute atomic E-state index is 8.58. The molecule has 0 spiro atoms. The van der Waals surface area contributed by atoms with Gasteiger partial charge in [-0.2, -0.15) is 0 Å². The molecule has 0 aromatic carbocycles. The van der Waals surface area contributed by atoms with E-state index in [1.165, 1.54) is 0 Å². The van der Waals surface area contributed by atoms with Gasteiger partial charge in [-0.15, -0.1) is 0 Å². The van der Waals surface area contributed by atoms with E-state index in [1.807, 2.05) is 0 Å². The molecule has 0 N–H and O–H groups in total. The predicted octanol–water partition coefficient (Wildman–Crippen LogP) is -7.86. The summed E-state index contributed by atoms with van der Waals surface area (Å²) in [6.45, 7) is 0. The molecule has 0 bridgehead atoms. The van der Waals surface area contributed by atoms with E-state index in [4.69, 9.17) is 48.1 Å². The molecule has 0 aliphatic carbocycles. The van der Waals surface area contributed by atoms with E-state index in [-0.39, 0.29) is 34.1 Å². The van der Waals surface area contributed by atoms with Crippen molar-refractivity contribution in [1.29, 1.82) is 0 Å². The molecule has 0 aliphatic rings. The minimum atomic E-state index is -5.62. The summed E-state index contributed by atoms with van der Waals surface area (Å²) < 4.78 is 103. The van der Waals surface area contributed by atoms with E-state index in [2.05, 4.69) is 0 Å². The average Bonchev–Trinajstić information content (AvgIpc) is 1.41. The summed E-state index contributed by atoms with van der Waals surface area (Å²) in [5.41, 5.74) is 0. The molecule has 107 valence electrons. The molecular formula is Mn5O12. The summed E-state index contributed by atoms with van der Waals surface area (Å²) in [5, 5.41) is 0. The molecule has 0 atom stereocenters. The van der Waals surface area contributed by atoms with E-state index < -0.39 is 40.1 Å². The van der Waals surface area contributed by atoms with Crippen LogP contribution in [0.2, 0.25) is 0 Å². The molecule has 17 heavy (non-hydrogen) atoms. The van der Waals surface area contributed by atoms with Gasteiger partial charge in [-0.3, -0.25) is 0 Å². The second-order valence-electron chi connectivity index (χ2n) is 1.13. The van der Waals surface area contributed by atoms with E-state index >= 15 is 0 Å². The standard InChI is InChI=1S/5Mn.12O/q;;;2*+3;;;;;;;6*-1. The third-order valence-corrected chi connectivity index (χ3v) is 0. The Morgan fingerprint density at radius 3 is 0.412 bits per heavy atom. The van der Waals surface area contributed by atoms with Crippen molar-refractivity contribution >= 4 is 0 Å². The van der Waals surface area contributed by atoms with Crippen molar-refractivity contribution in [3.63, 3.8) is 0 Å². The molecule has 0 aromatic heterocycles. The van der Waals surface area contributed by atoms with Crippen LogP contribution >= 0.6 is 0 Å². The van der Waals surface area contributed by atoms with Crippen LogP contribution in [-0.2, 0) is 97.3 Å². The molecule has 0 heterocycles. The van der Waals surface area contributed by atoms with E-state index in [0.29, 0.717) is 0 Å². The second-order valence-corrected chi connectivity index (χ2v) is 4.68. The topological polar surface area (TPSA) is 241 Å². The summed E-state index contributed by atoms with van der Waals surface area (Å²) in [4.78, 5) is 0. The van der Waals surface area contributed by atoms with Crippen LogP contribution in [0, 0.1) is 0 Å². The van der Waals surface area contributed by atoms with Crippen molar-refractivity contribution in [3.05, 3.63) is 0 Å². The van der Waals surface area contributed by atoms with Gasteiger partial charge in [0.25, 0.3) is 0 Å². The summed E-state index contributed by atoms with van der Waals surface area (Å²) in [6, 6.07) is 0. The van der Waals surface area contributed by atoms with Gasteiger partial charge in [0.15, 0.2) is 0 Å². The number of hydrogen-bond acceptors (Lipinski definition) is 12. The third kappa shape index (κ3) is 2940. The SMILES string of the molecule is [Mn+3].[Mn+3].[O]=[Mn](=[O])([O-])[O-].[O]=[Mn](=[O])([O-])[O-].[O]=[Mn](=[O])([O-])[O-]. The van der Waals surface area contributed by atoms with Crippen LogP contribution in [0.4, 0.5) is 0 Å². The van der Waals surface area contributed by atoms with E-state index in [0.717, 1.165) is 0 Å². The van der Waals surface area contributed by atoms with Gasteiger partial charge in [0, 0.05) is 0 Å². The van der Waals surface area contributed by atoms with Crippen LogP contribution in [-0.4, -0.2) is 0 Å². The van der Waals surface area contributed by atoms with E-state index in [1.54, 1.807) is 0 Å². The molecule has 0 fully saturated rings. The second kappa shape index (κ2) is 12.2. The van der Waals surface area contributed by atoms with E-state index in [9.17, 15) is 0 Å². The normalized spacial score (nSPS) is 10.2. The first-order valence-corrected chi connectivity index (χ1v) is 7.63. The van der Waals surface area contributed by atoms with Crippen LogP contribution in [0.5, 0.6) is 0 Å². The average molecular weight is 467 g/mol. The summed E-state index contributed by atoms with van der Waals surface area (Å²) in [5.74, 6) is 0. The molecular weight excluding hydrogens is 467 g/mol. The first kappa shape index (κ1) is 30.9. The zero-order chi connectivity index (χ0) is 13.5. The summed E-state index contributed by atoms with van der Waals surface area (Å²) >= 11 is -16.9. The summed E-state index contributed by atoms with van der Waals surface area (Å²) in [7, 11) is 0. The Kier molecular flexibility index (Phi) is 22.2. The quantitative estimate of drug-likeness (QED) is 0.302. The van der Waals surface area contributed by atoms with Gasteiger partial charge >= 0.3 is 122 Å². The molecule has 0 unspecified atom stereocenters. The van der Waals surface area contributed by atoms with Crippen molar-refractivity contribution in [2.75, 3.05) is 0 Å². The molecule has 0 saturated heterocycles. The van der Waals surface area contributed by atoms with Crippen molar-refractivity contribution in [2.45, 2.75) is 0 Å². The first-order chi connectivity index (χ1) is 6.00. The molecule has 17 heteroatoms. The third-order valence-electron chi connectivity index (χ3n) is 0. The molecule has 0 aliphatic heterocycles. The Bertz CT molecular complexity index is 336. The van der Waals surface area contributed by atoms with Crippen LogP contribution < -0.4 is 25.1 Å². The van der Waals surface area contributed by atoms with Gasteiger partial charge < -0.3 is 0 Å². The Balaban J connectivity index is -0.0000000400.